The van der Waals surface area contributed by atoms with Crippen molar-refractivity contribution in [1.82, 2.24) is 5.32 Å². The highest BCUT2D eigenvalue weighted by atomic mass is 16.5. The van der Waals surface area contributed by atoms with Crippen molar-refractivity contribution in [3.63, 3.8) is 0 Å². The van der Waals surface area contributed by atoms with E-state index in [-0.39, 0.29) is 17.4 Å². The maximum absolute atomic E-state index is 11.6. The first-order valence-corrected chi connectivity index (χ1v) is 5.14. The van der Waals surface area contributed by atoms with Crippen molar-refractivity contribution in [1.29, 1.82) is 0 Å². The third-order valence-corrected chi connectivity index (χ3v) is 2.65. The van der Waals surface area contributed by atoms with Crippen LogP contribution in [0.5, 0.6) is 0 Å². The predicted molar refractivity (Wildman–Crippen MR) is 58.1 cm³/mol. The predicted octanol–water partition coefficient (Wildman–Crippen LogP) is 1.82. The summed E-state index contributed by atoms with van der Waals surface area (Å²) in [7, 11) is 1.65. The molecule has 0 rings (SSSR count). The topological polar surface area (TPSA) is 38.3 Å². The number of amides is 1. The summed E-state index contributed by atoms with van der Waals surface area (Å²) in [6.45, 7) is 10.5. The summed E-state index contributed by atoms with van der Waals surface area (Å²) < 4.78 is 5.13. The zero-order chi connectivity index (χ0) is 11.4. The van der Waals surface area contributed by atoms with Gasteiger partial charge in [0.2, 0.25) is 5.91 Å². The summed E-state index contributed by atoms with van der Waals surface area (Å²) in [4.78, 5) is 11.6. The Bertz CT molecular complexity index is 190. The summed E-state index contributed by atoms with van der Waals surface area (Å²) in [5.41, 5.74) is -0.268. The summed E-state index contributed by atoms with van der Waals surface area (Å²) in [5.74, 6) is 0.452. The van der Waals surface area contributed by atoms with Gasteiger partial charge in [0.05, 0.1) is 12.1 Å². The van der Waals surface area contributed by atoms with Crippen LogP contribution in [-0.2, 0) is 9.53 Å². The Hall–Kier alpha value is -0.570. The van der Waals surface area contributed by atoms with Gasteiger partial charge in [0.25, 0.3) is 0 Å². The summed E-state index contributed by atoms with van der Waals surface area (Å²) in [6, 6.07) is 0. The molecule has 0 aliphatic rings. The van der Waals surface area contributed by atoms with Crippen LogP contribution in [0.15, 0.2) is 0 Å². The van der Waals surface area contributed by atoms with Crippen molar-refractivity contribution in [2.24, 2.45) is 11.8 Å². The Labute approximate surface area is 87.2 Å². The fraction of sp³-hybridized carbons (Fsp3) is 0.909. The summed E-state index contributed by atoms with van der Waals surface area (Å²) in [6.07, 6.45) is 0. The third kappa shape index (κ3) is 3.66. The number of hydrogen-bond acceptors (Lipinski definition) is 2. The molecule has 0 spiro atoms. The number of nitrogens with one attached hydrogen (secondary N) is 1. The summed E-state index contributed by atoms with van der Waals surface area (Å²) in [5, 5.41) is 3.03. The van der Waals surface area contributed by atoms with Crippen molar-refractivity contribution in [3.8, 4) is 0 Å². The van der Waals surface area contributed by atoms with Crippen molar-refractivity contribution in [3.05, 3.63) is 0 Å². The number of carbonyl (C=O) groups excluding carboxylic acids is 1. The van der Waals surface area contributed by atoms with Gasteiger partial charge in [-0.3, -0.25) is 4.79 Å². The molecule has 84 valence electrons. The lowest BCUT2D eigenvalue weighted by atomic mass is 9.88. The zero-order valence-corrected chi connectivity index (χ0v) is 10.2. The van der Waals surface area contributed by atoms with Crippen LogP contribution in [0.4, 0.5) is 0 Å². The van der Waals surface area contributed by atoms with E-state index < -0.39 is 0 Å². The van der Waals surface area contributed by atoms with Gasteiger partial charge in [-0.15, -0.1) is 0 Å². The van der Waals surface area contributed by atoms with E-state index in [0.717, 1.165) is 0 Å². The number of methoxy groups -OCH3 is 1. The smallest absolute Gasteiger partial charge is 0.223 e. The molecule has 0 saturated carbocycles. The maximum atomic E-state index is 11.6. The highest BCUT2D eigenvalue weighted by Crippen LogP contribution is 2.17. The molecule has 0 aromatic heterocycles. The quantitative estimate of drug-likeness (QED) is 0.737. The maximum Gasteiger partial charge on any atom is 0.223 e. The molecule has 0 heterocycles. The molecule has 3 heteroatoms. The molecule has 0 fully saturated rings. The van der Waals surface area contributed by atoms with E-state index in [2.05, 4.69) is 19.2 Å². The van der Waals surface area contributed by atoms with Crippen LogP contribution in [0.3, 0.4) is 0 Å². The molecule has 14 heavy (non-hydrogen) atoms. The highest BCUT2D eigenvalue weighted by Gasteiger charge is 2.30. The molecule has 0 aliphatic carbocycles. The summed E-state index contributed by atoms with van der Waals surface area (Å²) >= 11 is 0. The van der Waals surface area contributed by atoms with Crippen LogP contribution >= 0.6 is 0 Å². The van der Waals surface area contributed by atoms with E-state index in [1.54, 1.807) is 7.11 Å². The average molecular weight is 201 g/mol. The van der Waals surface area contributed by atoms with Gasteiger partial charge in [0.15, 0.2) is 0 Å². The first-order chi connectivity index (χ1) is 6.33. The first kappa shape index (κ1) is 13.4. The molecule has 0 aromatic rings. The molecule has 0 bridgehead atoms. The molecule has 0 aliphatic heterocycles. The van der Waals surface area contributed by atoms with Crippen molar-refractivity contribution < 1.29 is 9.53 Å². The van der Waals surface area contributed by atoms with Crippen LogP contribution in [0.2, 0.25) is 0 Å². The second-order valence-corrected chi connectivity index (χ2v) is 4.65. The van der Waals surface area contributed by atoms with Crippen molar-refractivity contribution >= 4 is 5.91 Å². The Morgan fingerprint density at radius 3 is 2.14 bits per heavy atom. The van der Waals surface area contributed by atoms with Gasteiger partial charge in [-0.05, 0) is 12.8 Å². The highest BCUT2D eigenvalue weighted by molar-refractivity contribution is 5.78. The lowest BCUT2D eigenvalue weighted by Crippen LogP contribution is -2.54. The molecule has 1 unspecified atom stereocenters. The normalized spacial score (nSPS) is 15.7. The number of carbonyl (C=O) groups is 1. The minimum absolute atomic E-state index is 0.0185. The van der Waals surface area contributed by atoms with Crippen LogP contribution < -0.4 is 5.32 Å². The average Bonchev–Trinajstić information content (AvgIpc) is 2.03. The van der Waals surface area contributed by atoms with E-state index in [9.17, 15) is 4.79 Å². The number of rotatable bonds is 5. The van der Waals surface area contributed by atoms with E-state index >= 15 is 0 Å². The zero-order valence-electron chi connectivity index (χ0n) is 10.2. The minimum atomic E-state index is -0.268. The lowest BCUT2D eigenvalue weighted by Gasteiger charge is -2.34. The molecule has 1 amide bonds. The van der Waals surface area contributed by atoms with Crippen LogP contribution in [0.25, 0.3) is 0 Å². The SMILES string of the molecule is COCC(C)(NC(=O)C(C)C)C(C)C. The molecule has 3 nitrogen and oxygen atoms in total. The Morgan fingerprint density at radius 2 is 1.86 bits per heavy atom. The number of ether oxygens (including phenoxy) is 1. The van der Waals surface area contributed by atoms with E-state index in [1.165, 1.54) is 0 Å². The van der Waals surface area contributed by atoms with Crippen molar-refractivity contribution in [2.75, 3.05) is 13.7 Å². The fourth-order valence-corrected chi connectivity index (χ4v) is 1.07. The van der Waals surface area contributed by atoms with Gasteiger partial charge in [0.1, 0.15) is 0 Å². The van der Waals surface area contributed by atoms with Gasteiger partial charge in [0, 0.05) is 13.0 Å². The first-order valence-electron chi connectivity index (χ1n) is 5.14. The van der Waals surface area contributed by atoms with E-state index in [1.807, 2.05) is 20.8 Å². The second-order valence-electron chi connectivity index (χ2n) is 4.65. The van der Waals surface area contributed by atoms with E-state index in [0.29, 0.717) is 12.5 Å². The van der Waals surface area contributed by atoms with Crippen molar-refractivity contribution in [2.45, 2.75) is 40.2 Å². The number of hydrogen-bond donors (Lipinski definition) is 1. The van der Waals surface area contributed by atoms with Gasteiger partial charge >= 0.3 is 0 Å². The second kappa shape index (κ2) is 5.35. The molecule has 1 N–H and O–H groups in total. The molecule has 0 radical (unpaired) electrons. The fourth-order valence-electron chi connectivity index (χ4n) is 1.07. The Morgan fingerprint density at radius 1 is 1.36 bits per heavy atom. The van der Waals surface area contributed by atoms with Crippen LogP contribution in [0.1, 0.15) is 34.6 Å². The molecular formula is C11H23NO2. The monoisotopic (exact) mass is 201 g/mol. The lowest BCUT2D eigenvalue weighted by molar-refractivity contribution is -0.127. The largest absolute Gasteiger partial charge is 0.382 e. The van der Waals surface area contributed by atoms with Gasteiger partial charge in [-0.1, -0.05) is 27.7 Å². The molecule has 1 atom stereocenters. The molecule has 0 aromatic carbocycles. The Kier molecular flexibility index (Phi) is 5.13. The molecule has 0 saturated heterocycles. The third-order valence-electron chi connectivity index (χ3n) is 2.65. The molecular weight excluding hydrogens is 178 g/mol. The van der Waals surface area contributed by atoms with Gasteiger partial charge in [-0.25, -0.2) is 0 Å². The van der Waals surface area contributed by atoms with Crippen LogP contribution in [-0.4, -0.2) is 25.2 Å². The van der Waals surface area contributed by atoms with Gasteiger partial charge in [-0.2, -0.15) is 0 Å². The van der Waals surface area contributed by atoms with Crippen LogP contribution in [0, 0.1) is 11.8 Å². The minimum Gasteiger partial charge on any atom is -0.382 e. The van der Waals surface area contributed by atoms with E-state index in [4.69, 9.17) is 4.74 Å². The van der Waals surface area contributed by atoms with Gasteiger partial charge < -0.3 is 10.1 Å². The Balaban J connectivity index is 4.44. The standard InChI is InChI=1S/C11H23NO2/c1-8(2)10(13)12-11(5,7-14-6)9(3)4/h8-9H,7H2,1-6H3,(H,12,13).